The van der Waals surface area contributed by atoms with Crippen LogP contribution < -0.4 is 5.32 Å². The minimum atomic E-state index is 0.118. The Morgan fingerprint density at radius 2 is 2.21 bits per heavy atom. The van der Waals surface area contributed by atoms with E-state index in [1.807, 2.05) is 18.0 Å². The van der Waals surface area contributed by atoms with Gasteiger partial charge in [-0.25, -0.2) is 9.97 Å². The third kappa shape index (κ3) is 3.38. The van der Waals surface area contributed by atoms with Crippen LogP contribution in [0.4, 0.5) is 11.6 Å². The lowest BCUT2D eigenvalue weighted by molar-refractivity contribution is -0.136. The summed E-state index contributed by atoms with van der Waals surface area (Å²) in [6.45, 7) is 2.48. The number of hydrogen-bond acceptors (Lipinski definition) is 6. The number of aromatic nitrogens is 4. The van der Waals surface area contributed by atoms with E-state index in [1.165, 1.54) is 18.5 Å². The second kappa shape index (κ2) is 6.20. The maximum Gasteiger partial charge on any atom is 0.237 e. The Morgan fingerprint density at radius 1 is 1.33 bits per heavy atom. The molecule has 0 aromatic carbocycles. The predicted octanol–water partition coefficient (Wildman–Crippen LogP) is 1.09. The quantitative estimate of drug-likeness (QED) is 0.854. The zero-order valence-corrected chi connectivity index (χ0v) is 13.7. The third-order valence-electron chi connectivity index (χ3n) is 4.42. The fourth-order valence-electron chi connectivity index (χ4n) is 2.84. The first-order chi connectivity index (χ1) is 11.7. The van der Waals surface area contributed by atoms with E-state index in [0.29, 0.717) is 37.2 Å². The Morgan fingerprint density at radius 3 is 3.00 bits per heavy atom. The summed E-state index contributed by atoms with van der Waals surface area (Å²) in [5, 5.41) is 10.5. The minimum absolute atomic E-state index is 0.118. The monoisotopic (exact) mass is 327 g/mol. The van der Waals surface area contributed by atoms with E-state index in [2.05, 4.69) is 25.5 Å². The largest absolute Gasteiger partial charge is 0.333 e. The summed E-state index contributed by atoms with van der Waals surface area (Å²) >= 11 is 0. The fourth-order valence-corrected chi connectivity index (χ4v) is 2.84. The van der Waals surface area contributed by atoms with E-state index in [1.54, 1.807) is 17.2 Å². The number of H-pyrrole nitrogens is 1. The van der Waals surface area contributed by atoms with E-state index < -0.39 is 0 Å². The van der Waals surface area contributed by atoms with E-state index in [9.17, 15) is 4.79 Å². The Balaban J connectivity index is 1.42. The van der Waals surface area contributed by atoms with Gasteiger partial charge in [0.15, 0.2) is 5.82 Å². The van der Waals surface area contributed by atoms with Gasteiger partial charge in [0, 0.05) is 37.0 Å². The Bertz CT molecular complexity index is 740. The molecule has 0 bridgehead atoms. The van der Waals surface area contributed by atoms with Gasteiger partial charge in [-0.05, 0) is 26.0 Å². The molecule has 1 aliphatic carbocycles. The van der Waals surface area contributed by atoms with Gasteiger partial charge >= 0.3 is 0 Å². The summed E-state index contributed by atoms with van der Waals surface area (Å²) < 4.78 is 0. The predicted molar refractivity (Wildman–Crippen MR) is 88.8 cm³/mol. The van der Waals surface area contributed by atoms with Gasteiger partial charge in [0.05, 0.1) is 13.1 Å². The molecule has 24 heavy (non-hydrogen) atoms. The molecule has 0 unspecified atom stereocenters. The van der Waals surface area contributed by atoms with Crippen molar-refractivity contribution in [3.8, 4) is 0 Å². The molecule has 8 nitrogen and oxygen atoms in total. The van der Waals surface area contributed by atoms with Gasteiger partial charge in [-0.15, -0.1) is 0 Å². The summed E-state index contributed by atoms with van der Waals surface area (Å²) in [4.78, 5) is 24.7. The number of aromatic amines is 1. The highest BCUT2D eigenvalue weighted by Crippen LogP contribution is 2.39. The number of likely N-dealkylation sites (N-methyl/N-ethyl adjacent to an activating group) is 1. The lowest BCUT2D eigenvalue weighted by Gasteiger charge is -2.31. The summed E-state index contributed by atoms with van der Waals surface area (Å²) in [7, 11) is 1.95. The number of nitrogens with zero attached hydrogens (tertiary/aromatic N) is 5. The van der Waals surface area contributed by atoms with Crippen LogP contribution >= 0.6 is 0 Å². The van der Waals surface area contributed by atoms with E-state index in [0.717, 1.165) is 12.4 Å². The van der Waals surface area contributed by atoms with Crippen LogP contribution in [-0.4, -0.2) is 62.6 Å². The van der Waals surface area contributed by atoms with Crippen molar-refractivity contribution in [3.05, 3.63) is 29.8 Å². The number of piperazine rings is 1. The SMILES string of the molecule is CN1CCN(Cc2nccc(Nc3cc(C4CC4)[nH]n3)n2)C(=O)C1. The van der Waals surface area contributed by atoms with Gasteiger partial charge in [-0.1, -0.05) is 0 Å². The Labute approximate surface area is 140 Å². The maximum absolute atomic E-state index is 12.1. The van der Waals surface area contributed by atoms with Gasteiger partial charge in [-0.2, -0.15) is 5.10 Å². The summed E-state index contributed by atoms with van der Waals surface area (Å²) in [5.74, 6) is 2.84. The van der Waals surface area contributed by atoms with Gasteiger partial charge < -0.3 is 10.2 Å². The molecular weight excluding hydrogens is 306 g/mol. The fraction of sp³-hybridized carbons (Fsp3) is 0.500. The van der Waals surface area contributed by atoms with Crippen molar-refractivity contribution in [2.75, 3.05) is 32.0 Å². The van der Waals surface area contributed by atoms with Crippen LogP contribution in [0.2, 0.25) is 0 Å². The number of rotatable bonds is 5. The van der Waals surface area contributed by atoms with Crippen LogP contribution in [0.1, 0.15) is 30.3 Å². The molecule has 1 amide bonds. The van der Waals surface area contributed by atoms with E-state index >= 15 is 0 Å². The van der Waals surface area contributed by atoms with Gasteiger partial charge in [0.25, 0.3) is 0 Å². The first kappa shape index (κ1) is 15.1. The van der Waals surface area contributed by atoms with Gasteiger partial charge in [0.1, 0.15) is 11.6 Å². The standard InChI is InChI=1S/C16H21N7O/c1-22-6-7-23(16(24)10-22)9-15-17-5-4-13(19-15)18-14-8-12(20-21-14)11-2-3-11/h4-5,8,11H,2-3,6-7,9-10H2,1H3,(H2,17,18,19,20,21). The molecule has 4 rings (SSSR count). The molecule has 2 N–H and O–H groups in total. The summed E-state index contributed by atoms with van der Waals surface area (Å²) in [6, 6.07) is 3.84. The third-order valence-corrected chi connectivity index (χ3v) is 4.42. The average molecular weight is 327 g/mol. The molecule has 1 aliphatic heterocycles. The molecule has 0 radical (unpaired) electrons. The van der Waals surface area contributed by atoms with Crippen molar-refractivity contribution in [2.24, 2.45) is 0 Å². The molecule has 0 spiro atoms. The van der Waals surface area contributed by atoms with Crippen molar-refractivity contribution in [2.45, 2.75) is 25.3 Å². The number of anilines is 2. The van der Waals surface area contributed by atoms with Crippen LogP contribution in [0.25, 0.3) is 0 Å². The highest BCUT2D eigenvalue weighted by Gasteiger charge is 2.25. The zero-order chi connectivity index (χ0) is 16.5. The smallest absolute Gasteiger partial charge is 0.237 e. The van der Waals surface area contributed by atoms with Crippen molar-refractivity contribution in [1.82, 2.24) is 30.0 Å². The number of carbonyl (C=O) groups is 1. The molecule has 2 fully saturated rings. The summed E-state index contributed by atoms with van der Waals surface area (Å²) in [5.41, 5.74) is 1.18. The van der Waals surface area contributed by atoms with E-state index in [4.69, 9.17) is 0 Å². The number of hydrogen-bond donors (Lipinski definition) is 2. The van der Waals surface area contributed by atoms with Gasteiger partial charge in [-0.3, -0.25) is 14.8 Å². The van der Waals surface area contributed by atoms with Crippen LogP contribution in [0, 0.1) is 0 Å². The highest BCUT2D eigenvalue weighted by atomic mass is 16.2. The topological polar surface area (TPSA) is 90.0 Å². The van der Waals surface area contributed by atoms with Crippen molar-refractivity contribution >= 4 is 17.5 Å². The van der Waals surface area contributed by atoms with Crippen LogP contribution in [0.5, 0.6) is 0 Å². The molecule has 3 heterocycles. The van der Waals surface area contributed by atoms with Crippen molar-refractivity contribution in [1.29, 1.82) is 0 Å². The highest BCUT2D eigenvalue weighted by molar-refractivity contribution is 5.78. The van der Waals surface area contributed by atoms with Crippen LogP contribution in [0.3, 0.4) is 0 Å². The Kier molecular flexibility index (Phi) is 3.89. The van der Waals surface area contributed by atoms with E-state index in [-0.39, 0.29) is 5.91 Å². The van der Waals surface area contributed by atoms with Crippen LogP contribution in [-0.2, 0) is 11.3 Å². The molecule has 0 atom stereocenters. The zero-order valence-electron chi connectivity index (χ0n) is 13.7. The second-order valence-corrected chi connectivity index (χ2v) is 6.52. The lowest BCUT2D eigenvalue weighted by atomic mass is 10.3. The normalized spacial score (nSPS) is 18.9. The lowest BCUT2D eigenvalue weighted by Crippen LogP contribution is -2.48. The Hall–Kier alpha value is -2.48. The molecule has 2 aromatic heterocycles. The number of amides is 1. The van der Waals surface area contributed by atoms with Crippen LogP contribution in [0.15, 0.2) is 18.3 Å². The maximum atomic E-state index is 12.1. The molecule has 8 heteroatoms. The van der Waals surface area contributed by atoms with Crippen molar-refractivity contribution < 1.29 is 4.79 Å². The molecule has 1 saturated carbocycles. The molecular formula is C16H21N7O. The van der Waals surface area contributed by atoms with Gasteiger partial charge in [0.2, 0.25) is 5.91 Å². The number of nitrogens with one attached hydrogen (secondary N) is 2. The molecule has 2 aliphatic rings. The average Bonchev–Trinajstić information content (AvgIpc) is 3.31. The number of carbonyl (C=O) groups excluding carboxylic acids is 1. The molecule has 126 valence electrons. The minimum Gasteiger partial charge on any atom is -0.333 e. The van der Waals surface area contributed by atoms with Crippen molar-refractivity contribution in [3.63, 3.8) is 0 Å². The molecule has 2 aromatic rings. The first-order valence-corrected chi connectivity index (χ1v) is 8.28. The summed E-state index contributed by atoms with van der Waals surface area (Å²) in [6.07, 6.45) is 4.18. The second-order valence-electron chi connectivity index (χ2n) is 6.52. The molecule has 1 saturated heterocycles. The first-order valence-electron chi connectivity index (χ1n) is 8.28.